The van der Waals surface area contributed by atoms with E-state index < -0.39 is 28.5 Å². The highest BCUT2D eigenvalue weighted by molar-refractivity contribution is 7.92. The second-order valence-electron chi connectivity index (χ2n) is 8.77. The zero-order valence-corrected chi connectivity index (χ0v) is 23.9. The van der Waals surface area contributed by atoms with Crippen molar-refractivity contribution in [1.29, 1.82) is 0 Å². The van der Waals surface area contributed by atoms with E-state index in [-0.39, 0.29) is 23.0 Å². The van der Waals surface area contributed by atoms with Gasteiger partial charge in [-0.25, -0.2) is 8.42 Å². The van der Waals surface area contributed by atoms with E-state index in [0.29, 0.717) is 23.0 Å². The number of likely N-dealkylation sites (N-methyl/N-ethyl adjacent to an activating group) is 1. The van der Waals surface area contributed by atoms with E-state index in [0.717, 1.165) is 15.4 Å². The Labute approximate surface area is 234 Å². The molecule has 0 radical (unpaired) electrons. The van der Waals surface area contributed by atoms with Crippen LogP contribution in [0.5, 0.6) is 0 Å². The fourth-order valence-corrected chi connectivity index (χ4v) is 5.71. The molecule has 0 aliphatic heterocycles. The molecule has 0 aliphatic rings. The SMILES string of the molecule is CCNC(=O)C(CC)N(Cc1ccc(Cl)cc1)C(=O)CN(c1cccc(Cl)c1)S(=O)(=O)c1ccc(C)cc1. The Morgan fingerprint density at radius 1 is 0.921 bits per heavy atom. The maximum Gasteiger partial charge on any atom is 0.264 e. The number of carbonyl (C=O) groups is 2. The number of benzene rings is 3. The first-order valence-electron chi connectivity index (χ1n) is 12.2. The van der Waals surface area contributed by atoms with Crippen LogP contribution in [0.1, 0.15) is 31.4 Å². The molecule has 1 N–H and O–H groups in total. The molecule has 0 heterocycles. The van der Waals surface area contributed by atoms with E-state index in [4.69, 9.17) is 23.2 Å². The first-order valence-corrected chi connectivity index (χ1v) is 14.4. The Hall–Kier alpha value is -3.07. The van der Waals surface area contributed by atoms with Gasteiger partial charge in [-0.1, -0.05) is 66.0 Å². The Balaban J connectivity index is 2.05. The lowest BCUT2D eigenvalue weighted by atomic mass is 10.1. The third-order valence-corrected chi connectivity index (χ3v) is 8.26. The normalized spacial score (nSPS) is 12.0. The largest absolute Gasteiger partial charge is 0.355 e. The van der Waals surface area contributed by atoms with E-state index in [1.165, 1.54) is 23.1 Å². The van der Waals surface area contributed by atoms with Crippen molar-refractivity contribution in [3.8, 4) is 0 Å². The van der Waals surface area contributed by atoms with Crippen LogP contribution in [-0.4, -0.2) is 44.3 Å². The molecule has 0 saturated heterocycles. The summed E-state index contributed by atoms with van der Waals surface area (Å²) in [5.41, 5.74) is 1.89. The maximum atomic E-state index is 13.9. The van der Waals surface area contributed by atoms with Gasteiger partial charge in [-0.3, -0.25) is 13.9 Å². The quantitative estimate of drug-likeness (QED) is 0.330. The predicted molar refractivity (Wildman–Crippen MR) is 152 cm³/mol. The van der Waals surface area contributed by atoms with Crippen LogP contribution in [-0.2, 0) is 26.2 Å². The molecule has 0 saturated carbocycles. The summed E-state index contributed by atoms with van der Waals surface area (Å²) in [5.74, 6) is -0.846. The molecule has 3 aromatic rings. The summed E-state index contributed by atoms with van der Waals surface area (Å²) >= 11 is 12.2. The average Bonchev–Trinajstić information content (AvgIpc) is 2.88. The monoisotopic (exact) mass is 575 g/mol. The molecule has 0 bridgehead atoms. The van der Waals surface area contributed by atoms with E-state index in [2.05, 4.69) is 5.32 Å². The van der Waals surface area contributed by atoms with Crippen LogP contribution in [0, 0.1) is 6.92 Å². The van der Waals surface area contributed by atoms with Crippen molar-refractivity contribution in [3.63, 3.8) is 0 Å². The van der Waals surface area contributed by atoms with Crippen molar-refractivity contribution < 1.29 is 18.0 Å². The maximum absolute atomic E-state index is 13.9. The molecule has 0 spiro atoms. The Morgan fingerprint density at radius 2 is 1.58 bits per heavy atom. The van der Waals surface area contributed by atoms with Gasteiger partial charge < -0.3 is 10.2 Å². The minimum Gasteiger partial charge on any atom is -0.355 e. The molecule has 3 rings (SSSR count). The second-order valence-corrected chi connectivity index (χ2v) is 11.5. The molecule has 2 amide bonds. The lowest BCUT2D eigenvalue weighted by Gasteiger charge is -2.33. The third-order valence-electron chi connectivity index (χ3n) is 5.99. The number of rotatable bonds is 11. The fraction of sp³-hybridized carbons (Fsp3) is 0.286. The number of nitrogens with zero attached hydrogens (tertiary/aromatic N) is 2. The number of amides is 2. The number of hydrogen-bond acceptors (Lipinski definition) is 4. The summed E-state index contributed by atoms with van der Waals surface area (Å²) in [6.45, 7) is 5.43. The summed E-state index contributed by atoms with van der Waals surface area (Å²) < 4.78 is 28.6. The number of hydrogen-bond donors (Lipinski definition) is 1. The molecular formula is C28H31Cl2N3O4S. The Kier molecular flexibility index (Phi) is 10.2. The van der Waals surface area contributed by atoms with Crippen LogP contribution in [0.25, 0.3) is 0 Å². The van der Waals surface area contributed by atoms with Gasteiger partial charge in [0.15, 0.2) is 0 Å². The van der Waals surface area contributed by atoms with Gasteiger partial charge in [-0.15, -0.1) is 0 Å². The van der Waals surface area contributed by atoms with Gasteiger partial charge in [0.1, 0.15) is 12.6 Å². The molecule has 1 atom stereocenters. The van der Waals surface area contributed by atoms with Gasteiger partial charge in [-0.05, 0) is 68.3 Å². The summed E-state index contributed by atoms with van der Waals surface area (Å²) in [6.07, 6.45) is 0.340. The first kappa shape index (κ1) is 29.5. The van der Waals surface area contributed by atoms with E-state index in [1.807, 2.05) is 6.92 Å². The number of aryl methyl sites for hydroxylation is 1. The molecule has 38 heavy (non-hydrogen) atoms. The van der Waals surface area contributed by atoms with Gasteiger partial charge in [0.25, 0.3) is 10.0 Å². The topological polar surface area (TPSA) is 86.8 Å². The molecule has 7 nitrogen and oxygen atoms in total. The van der Waals surface area contributed by atoms with E-state index >= 15 is 0 Å². The zero-order chi connectivity index (χ0) is 27.9. The van der Waals surface area contributed by atoms with Gasteiger partial charge in [-0.2, -0.15) is 0 Å². The number of nitrogens with one attached hydrogen (secondary N) is 1. The van der Waals surface area contributed by atoms with E-state index in [9.17, 15) is 18.0 Å². The second kappa shape index (κ2) is 13.1. The van der Waals surface area contributed by atoms with Crippen LogP contribution in [0.15, 0.2) is 77.7 Å². The van der Waals surface area contributed by atoms with Crippen LogP contribution in [0.2, 0.25) is 10.0 Å². The number of sulfonamides is 1. The van der Waals surface area contributed by atoms with Crippen LogP contribution in [0.4, 0.5) is 5.69 Å². The van der Waals surface area contributed by atoms with Crippen LogP contribution >= 0.6 is 23.2 Å². The highest BCUT2D eigenvalue weighted by Crippen LogP contribution is 2.27. The van der Waals surface area contributed by atoms with Crippen molar-refractivity contribution in [1.82, 2.24) is 10.2 Å². The zero-order valence-electron chi connectivity index (χ0n) is 21.5. The summed E-state index contributed by atoms with van der Waals surface area (Å²) in [4.78, 5) is 28.3. The van der Waals surface area contributed by atoms with Gasteiger partial charge in [0.2, 0.25) is 11.8 Å². The lowest BCUT2D eigenvalue weighted by Crippen LogP contribution is -2.52. The van der Waals surface area contributed by atoms with E-state index in [1.54, 1.807) is 68.4 Å². The molecular weight excluding hydrogens is 545 g/mol. The van der Waals surface area contributed by atoms with Gasteiger partial charge in [0, 0.05) is 23.1 Å². The third kappa shape index (κ3) is 7.28. The Bertz CT molecular complexity index is 1360. The molecule has 0 fully saturated rings. The highest BCUT2D eigenvalue weighted by Gasteiger charge is 2.33. The van der Waals surface area contributed by atoms with Crippen LogP contribution in [0.3, 0.4) is 0 Å². The summed E-state index contributed by atoms with van der Waals surface area (Å²) in [7, 11) is -4.15. The summed E-state index contributed by atoms with van der Waals surface area (Å²) in [5, 5.41) is 3.64. The average molecular weight is 577 g/mol. The van der Waals surface area contributed by atoms with Crippen molar-refractivity contribution in [2.45, 2.75) is 44.7 Å². The molecule has 1 unspecified atom stereocenters. The van der Waals surface area contributed by atoms with Crippen LogP contribution < -0.4 is 9.62 Å². The lowest BCUT2D eigenvalue weighted by molar-refractivity contribution is -0.140. The number of carbonyl (C=O) groups excluding carboxylic acids is 2. The molecule has 0 aromatic heterocycles. The number of halogens is 2. The van der Waals surface area contributed by atoms with Crippen molar-refractivity contribution in [3.05, 3.63) is 94.0 Å². The first-order chi connectivity index (χ1) is 18.1. The van der Waals surface area contributed by atoms with Crippen molar-refractivity contribution in [2.75, 3.05) is 17.4 Å². The minimum atomic E-state index is -4.15. The smallest absolute Gasteiger partial charge is 0.264 e. The minimum absolute atomic E-state index is 0.0379. The molecule has 3 aromatic carbocycles. The van der Waals surface area contributed by atoms with Crippen molar-refractivity contribution >= 4 is 50.7 Å². The highest BCUT2D eigenvalue weighted by atomic mass is 35.5. The predicted octanol–water partition coefficient (Wildman–Crippen LogP) is 5.44. The van der Waals surface area contributed by atoms with Gasteiger partial charge in [0.05, 0.1) is 10.6 Å². The van der Waals surface area contributed by atoms with Gasteiger partial charge >= 0.3 is 0 Å². The Morgan fingerprint density at radius 3 is 2.16 bits per heavy atom. The standard InChI is InChI=1S/C28H31Cl2N3O4S/c1-4-26(28(35)31-5-2)32(18-21-11-13-22(29)14-12-21)27(34)19-33(24-8-6-7-23(30)17-24)38(36,37)25-15-9-20(3)10-16-25/h6-17,26H,4-5,18-19H2,1-3H3,(H,31,35). The number of anilines is 1. The molecule has 0 aliphatic carbocycles. The summed E-state index contributed by atoms with van der Waals surface area (Å²) in [6, 6.07) is 18.8. The van der Waals surface area contributed by atoms with Crippen molar-refractivity contribution in [2.24, 2.45) is 0 Å². The fourth-order valence-electron chi connectivity index (χ4n) is 4.00. The molecule has 10 heteroatoms. The molecule has 202 valence electrons.